The van der Waals surface area contributed by atoms with Crippen molar-refractivity contribution in [3.8, 4) is 0 Å². The van der Waals surface area contributed by atoms with Crippen molar-refractivity contribution in [3.63, 3.8) is 0 Å². The number of amides is 1. The average molecular weight is 263 g/mol. The summed E-state index contributed by atoms with van der Waals surface area (Å²) < 4.78 is 2.02. The molecular formula is C13H21N5O. The maximum absolute atomic E-state index is 12.2. The molecule has 1 unspecified atom stereocenters. The average Bonchev–Trinajstić information content (AvgIpc) is 2.82. The van der Waals surface area contributed by atoms with Crippen LogP contribution in [0, 0.1) is 0 Å². The molecule has 1 aromatic heterocycles. The van der Waals surface area contributed by atoms with Crippen molar-refractivity contribution < 1.29 is 4.79 Å². The second kappa shape index (κ2) is 5.21. The number of rotatable bonds is 2. The smallest absolute Gasteiger partial charge is 0.271 e. The number of likely N-dealkylation sites (tertiary alicyclic amines) is 1. The number of fused-ring (bicyclic) bond motifs is 1. The number of hydrogen-bond acceptors (Lipinski definition) is 4. The maximum atomic E-state index is 12.2. The summed E-state index contributed by atoms with van der Waals surface area (Å²) in [5, 5.41) is 6.30. The van der Waals surface area contributed by atoms with Crippen LogP contribution in [0.4, 0.5) is 5.95 Å². The number of likely N-dealkylation sites (N-methyl/N-ethyl adjacent to an activating group) is 1. The number of imidazole rings is 1. The lowest BCUT2D eigenvalue weighted by atomic mass is 10.1. The molecular weight excluding hydrogens is 242 g/mol. The standard InChI is InChI=1S/C13H21N5O/c1-17-6-2-4-10(8-17)15-12(19)11-9-18-7-3-5-14-13(18)16-11/h9-10H,2-8H2,1H3,(H,14,16)(H,15,19). The lowest BCUT2D eigenvalue weighted by Gasteiger charge is -2.29. The molecule has 0 aromatic carbocycles. The zero-order valence-corrected chi connectivity index (χ0v) is 11.4. The molecule has 3 heterocycles. The third-order valence-corrected chi connectivity index (χ3v) is 3.83. The van der Waals surface area contributed by atoms with Crippen molar-refractivity contribution >= 4 is 11.9 Å². The van der Waals surface area contributed by atoms with Crippen molar-refractivity contribution in [2.45, 2.75) is 31.8 Å². The minimum absolute atomic E-state index is 0.0519. The fourth-order valence-electron chi connectivity index (χ4n) is 2.83. The first-order chi connectivity index (χ1) is 9.22. The van der Waals surface area contributed by atoms with Crippen LogP contribution in [-0.2, 0) is 6.54 Å². The summed E-state index contributed by atoms with van der Waals surface area (Å²) in [6, 6.07) is 0.248. The van der Waals surface area contributed by atoms with Crippen molar-refractivity contribution in [1.82, 2.24) is 19.8 Å². The minimum Gasteiger partial charge on any atom is -0.356 e. The summed E-state index contributed by atoms with van der Waals surface area (Å²) in [6.45, 7) is 3.92. The van der Waals surface area contributed by atoms with Gasteiger partial charge in [-0.05, 0) is 32.9 Å². The van der Waals surface area contributed by atoms with Gasteiger partial charge in [0.05, 0.1) is 0 Å². The van der Waals surface area contributed by atoms with E-state index in [4.69, 9.17) is 0 Å². The van der Waals surface area contributed by atoms with Gasteiger partial charge in [0, 0.05) is 31.9 Å². The Labute approximate surface area is 113 Å². The van der Waals surface area contributed by atoms with E-state index < -0.39 is 0 Å². The zero-order chi connectivity index (χ0) is 13.2. The van der Waals surface area contributed by atoms with Gasteiger partial charge in [-0.1, -0.05) is 0 Å². The van der Waals surface area contributed by atoms with Gasteiger partial charge >= 0.3 is 0 Å². The number of anilines is 1. The van der Waals surface area contributed by atoms with E-state index in [2.05, 4.69) is 27.6 Å². The molecule has 2 aliphatic heterocycles. The van der Waals surface area contributed by atoms with Crippen LogP contribution in [0.25, 0.3) is 0 Å². The van der Waals surface area contributed by atoms with Crippen molar-refractivity contribution in [2.24, 2.45) is 0 Å². The normalized spacial score (nSPS) is 23.5. The summed E-state index contributed by atoms with van der Waals surface area (Å²) in [6.07, 6.45) is 5.13. The van der Waals surface area contributed by atoms with E-state index in [-0.39, 0.29) is 11.9 Å². The highest BCUT2D eigenvalue weighted by molar-refractivity contribution is 5.92. The highest BCUT2D eigenvalue weighted by Gasteiger charge is 2.22. The van der Waals surface area contributed by atoms with Gasteiger partial charge in [0.15, 0.2) is 0 Å². The Morgan fingerprint density at radius 1 is 1.47 bits per heavy atom. The second-order valence-corrected chi connectivity index (χ2v) is 5.50. The third kappa shape index (κ3) is 2.73. The van der Waals surface area contributed by atoms with Gasteiger partial charge < -0.3 is 20.1 Å². The van der Waals surface area contributed by atoms with Crippen LogP contribution in [0.15, 0.2) is 6.20 Å². The molecule has 104 valence electrons. The summed E-state index contributed by atoms with van der Waals surface area (Å²) >= 11 is 0. The Balaban J connectivity index is 1.65. The number of aromatic nitrogens is 2. The van der Waals surface area contributed by atoms with Gasteiger partial charge in [0.25, 0.3) is 5.91 Å². The van der Waals surface area contributed by atoms with E-state index in [9.17, 15) is 4.79 Å². The zero-order valence-electron chi connectivity index (χ0n) is 11.4. The molecule has 1 atom stereocenters. The van der Waals surface area contributed by atoms with Gasteiger partial charge in [-0.25, -0.2) is 4.98 Å². The molecule has 1 fully saturated rings. The van der Waals surface area contributed by atoms with E-state index in [0.29, 0.717) is 5.69 Å². The molecule has 0 saturated carbocycles. The van der Waals surface area contributed by atoms with Crippen molar-refractivity contribution in [1.29, 1.82) is 0 Å². The number of piperidine rings is 1. The van der Waals surface area contributed by atoms with E-state index in [1.807, 2.05) is 10.8 Å². The molecule has 6 heteroatoms. The third-order valence-electron chi connectivity index (χ3n) is 3.83. The van der Waals surface area contributed by atoms with Crippen LogP contribution in [0.3, 0.4) is 0 Å². The first kappa shape index (κ1) is 12.5. The van der Waals surface area contributed by atoms with Crippen LogP contribution in [0.1, 0.15) is 29.8 Å². The highest BCUT2D eigenvalue weighted by Crippen LogP contribution is 2.15. The predicted octanol–water partition coefficient (Wildman–Crippen LogP) is 0.523. The van der Waals surface area contributed by atoms with E-state index in [0.717, 1.165) is 51.4 Å². The van der Waals surface area contributed by atoms with Crippen LogP contribution in [0.5, 0.6) is 0 Å². The lowest BCUT2D eigenvalue weighted by molar-refractivity contribution is 0.0908. The fourth-order valence-corrected chi connectivity index (χ4v) is 2.83. The number of carbonyl (C=O) groups excluding carboxylic acids is 1. The Morgan fingerprint density at radius 2 is 2.37 bits per heavy atom. The van der Waals surface area contributed by atoms with Gasteiger partial charge in [0.1, 0.15) is 5.69 Å². The van der Waals surface area contributed by atoms with Crippen LogP contribution >= 0.6 is 0 Å². The first-order valence-electron chi connectivity index (χ1n) is 7.03. The van der Waals surface area contributed by atoms with Gasteiger partial charge in [0.2, 0.25) is 5.95 Å². The Bertz CT molecular complexity index is 446. The number of carbonyl (C=O) groups is 1. The topological polar surface area (TPSA) is 62.2 Å². The molecule has 1 amide bonds. The second-order valence-electron chi connectivity index (χ2n) is 5.50. The van der Waals surface area contributed by atoms with Gasteiger partial charge in [-0.3, -0.25) is 4.79 Å². The summed E-state index contributed by atoms with van der Waals surface area (Å²) in [7, 11) is 2.09. The Hall–Kier alpha value is -1.56. The number of nitrogens with zero attached hydrogens (tertiary/aromatic N) is 3. The lowest BCUT2D eigenvalue weighted by Crippen LogP contribution is -2.46. The largest absolute Gasteiger partial charge is 0.356 e. The minimum atomic E-state index is -0.0519. The molecule has 19 heavy (non-hydrogen) atoms. The molecule has 0 bridgehead atoms. The van der Waals surface area contributed by atoms with Crippen molar-refractivity contribution in [2.75, 3.05) is 32.0 Å². The molecule has 6 nitrogen and oxygen atoms in total. The van der Waals surface area contributed by atoms with Crippen LogP contribution in [0.2, 0.25) is 0 Å². The molecule has 2 aliphatic rings. The predicted molar refractivity (Wildman–Crippen MR) is 73.3 cm³/mol. The van der Waals surface area contributed by atoms with E-state index in [1.165, 1.54) is 0 Å². The molecule has 1 aromatic rings. The molecule has 0 radical (unpaired) electrons. The number of aryl methyl sites for hydroxylation is 1. The summed E-state index contributed by atoms with van der Waals surface area (Å²) in [5.74, 6) is 0.765. The molecule has 2 N–H and O–H groups in total. The highest BCUT2D eigenvalue weighted by atomic mass is 16.2. The monoisotopic (exact) mass is 263 g/mol. The summed E-state index contributed by atoms with van der Waals surface area (Å²) in [4.78, 5) is 18.8. The van der Waals surface area contributed by atoms with Gasteiger partial charge in [-0.15, -0.1) is 0 Å². The Kier molecular flexibility index (Phi) is 3.42. The number of nitrogens with one attached hydrogen (secondary N) is 2. The number of hydrogen-bond donors (Lipinski definition) is 2. The van der Waals surface area contributed by atoms with Crippen LogP contribution in [-0.4, -0.2) is 53.1 Å². The molecule has 0 aliphatic carbocycles. The van der Waals surface area contributed by atoms with Gasteiger partial charge in [-0.2, -0.15) is 0 Å². The molecule has 3 rings (SSSR count). The van der Waals surface area contributed by atoms with Crippen molar-refractivity contribution in [3.05, 3.63) is 11.9 Å². The molecule has 1 saturated heterocycles. The fraction of sp³-hybridized carbons (Fsp3) is 0.692. The molecule has 0 spiro atoms. The maximum Gasteiger partial charge on any atom is 0.271 e. The van der Waals surface area contributed by atoms with Crippen LogP contribution < -0.4 is 10.6 Å². The quantitative estimate of drug-likeness (QED) is 0.817. The summed E-state index contributed by atoms with van der Waals surface area (Å²) in [5.41, 5.74) is 0.526. The SMILES string of the molecule is CN1CCCC(NC(=O)c2cn3c(n2)NCCC3)C1. The Morgan fingerprint density at radius 3 is 3.16 bits per heavy atom. The first-order valence-corrected chi connectivity index (χ1v) is 7.03. The van der Waals surface area contributed by atoms with E-state index >= 15 is 0 Å². The van der Waals surface area contributed by atoms with E-state index in [1.54, 1.807) is 0 Å².